The number of ether oxygens (including phenoxy) is 1. The number of carbonyl (C=O) groups is 1. The normalized spacial score (nSPS) is 10.3. The summed E-state index contributed by atoms with van der Waals surface area (Å²) >= 11 is 3.36. The Morgan fingerprint density at radius 3 is 2.75 bits per heavy atom. The molecular formula is C16H16BrNO2. The van der Waals surface area contributed by atoms with Crippen molar-refractivity contribution < 1.29 is 9.53 Å². The van der Waals surface area contributed by atoms with Crippen LogP contribution in [0.1, 0.15) is 22.8 Å². The van der Waals surface area contributed by atoms with Crippen molar-refractivity contribution in [1.29, 1.82) is 0 Å². The second-order valence-electron chi connectivity index (χ2n) is 4.26. The van der Waals surface area contributed by atoms with Crippen LogP contribution in [0.2, 0.25) is 0 Å². The van der Waals surface area contributed by atoms with Gasteiger partial charge in [0.2, 0.25) is 0 Å². The van der Waals surface area contributed by atoms with Crippen molar-refractivity contribution in [2.45, 2.75) is 13.5 Å². The minimum atomic E-state index is -0.129. The van der Waals surface area contributed by atoms with Gasteiger partial charge in [-0.2, -0.15) is 0 Å². The summed E-state index contributed by atoms with van der Waals surface area (Å²) in [6.07, 6.45) is 0. The third-order valence-electron chi connectivity index (χ3n) is 2.81. The Morgan fingerprint density at radius 1 is 1.20 bits per heavy atom. The van der Waals surface area contributed by atoms with Crippen LogP contribution in [-0.2, 0) is 11.3 Å². The van der Waals surface area contributed by atoms with Crippen LogP contribution in [-0.4, -0.2) is 12.5 Å². The van der Waals surface area contributed by atoms with Crippen LogP contribution >= 0.6 is 15.9 Å². The Hall–Kier alpha value is -1.65. The lowest BCUT2D eigenvalue weighted by atomic mass is 10.1. The fourth-order valence-corrected chi connectivity index (χ4v) is 2.20. The molecule has 104 valence electrons. The van der Waals surface area contributed by atoms with E-state index in [1.165, 1.54) is 0 Å². The van der Waals surface area contributed by atoms with Crippen molar-refractivity contribution in [1.82, 2.24) is 0 Å². The first-order chi connectivity index (χ1) is 9.70. The van der Waals surface area contributed by atoms with E-state index in [9.17, 15) is 4.79 Å². The molecule has 0 aliphatic heterocycles. The molecule has 3 nitrogen and oxygen atoms in total. The number of para-hydroxylation sites is 1. The van der Waals surface area contributed by atoms with Gasteiger partial charge in [0.05, 0.1) is 6.61 Å². The Bertz CT molecular complexity index is 599. The van der Waals surface area contributed by atoms with E-state index >= 15 is 0 Å². The Kier molecular flexibility index (Phi) is 5.32. The summed E-state index contributed by atoms with van der Waals surface area (Å²) in [5.74, 6) is -0.129. The topological polar surface area (TPSA) is 38.3 Å². The van der Waals surface area contributed by atoms with E-state index in [-0.39, 0.29) is 5.91 Å². The molecule has 1 N–H and O–H groups in total. The second-order valence-corrected chi connectivity index (χ2v) is 5.17. The maximum atomic E-state index is 12.2. The summed E-state index contributed by atoms with van der Waals surface area (Å²) in [5, 5.41) is 2.92. The number of benzene rings is 2. The predicted octanol–water partition coefficient (Wildman–Crippen LogP) is 4.24. The minimum absolute atomic E-state index is 0.129. The maximum Gasteiger partial charge on any atom is 0.255 e. The molecule has 0 atom stereocenters. The molecule has 0 radical (unpaired) electrons. The van der Waals surface area contributed by atoms with E-state index in [0.29, 0.717) is 18.8 Å². The highest BCUT2D eigenvalue weighted by Gasteiger charge is 2.09. The SMILES string of the molecule is CCOCc1ccccc1NC(=O)c1cccc(Br)c1. The molecule has 0 fully saturated rings. The van der Waals surface area contributed by atoms with Crippen molar-refractivity contribution in [3.63, 3.8) is 0 Å². The number of hydrogen-bond acceptors (Lipinski definition) is 2. The molecule has 4 heteroatoms. The first kappa shape index (κ1) is 14.8. The monoisotopic (exact) mass is 333 g/mol. The third-order valence-corrected chi connectivity index (χ3v) is 3.31. The number of halogens is 1. The standard InChI is InChI=1S/C16H16BrNO2/c1-2-20-11-13-6-3-4-9-15(13)18-16(19)12-7-5-8-14(17)10-12/h3-10H,2,11H2,1H3,(H,18,19). The van der Waals surface area contributed by atoms with Gasteiger partial charge in [0.25, 0.3) is 5.91 Å². The van der Waals surface area contributed by atoms with Gasteiger partial charge in [-0.1, -0.05) is 40.2 Å². The van der Waals surface area contributed by atoms with Crippen LogP contribution < -0.4 is 5.32 Å². The zero-order chi connectivity index (χ0) is 14.4. The summed E-state index contributed by atoms with van der Waals surface area (Å²) < 4.78 is 6.29. The van der Waals surface area contributed by atoms with Crippen LogP contribution in [0, 0.1) is 0 Å². The molecule has 0 aliphatic carbocycles. The number of amides is 1. The van der Waals surface area contributed by atoms with Gasteiger partial charge in [0.1, 0.15) is 0 Å². The summed E-state index contributed by atoms with van der Waals surface area (Å²) in [7, 11) is 0. The van der Waals surface area contributed by atoms with E-state index in [2.05, 4.69) is 21.2 Å². The van der Waals surface area contributed by atoms with E-state index in [4.69, 9.17) is 4.74 Å². The van der Waals surface area contributed by atoms with Gasteiger partial charge in [-0.25, -0.2) is 0 Å². The quantitative estimate of drug-likeness (QED) is 0.888. The van der Waals surface area contributed by atoms with Crippen molar-refractivity contribution in [3.05, 3.63) is 64.1 Å². The second kappa shape index (κ2) is 7.22. The van der Waals surface area contributed by atoms with Gasteiger partial charge in [0, 0.05) is 27.9 Å². The summed E-state index contributed by atoms with van der Waals surface area (Å²) in [6, 6.07) is 15.0. The molecule has 0 spiro atoms. The molecule has 0 aromatic heterocycles. The maximum absolute atomic E-state index is 12.2. The van der Waals surface area contributed by atoms with Crippen LogP contribution in [0.5, 0.6) is 0 Å². The zero-order valence-electron chi connectivity index (χ0n) is 11.2. The van der Waals surface area contributed by atoms with Gasteiger partial charge < -0.3 is 10.1 Å². The predicted molar refractivity (Wildman–Crippen MR) is 83.9 cm³/mol. The van der Waals surface area contributed by atoms with Crippen molar-refractivity contribution in [2.75, 3.05) is 11.9 Å². The fourth-order valence-electron chi connectivity index (χ4n) is 1.80. The number of hydrogen-bond donors (Lipinski definition) is 1. The molecule has 0 bridgehead atoms. The lowest BCUT2D eigenvalue weighted by molar-refractivity contribution is 0.102. The van der Waals surface area contributed by atoms with Gasteiger partial charge in [-0.05, 0) is 31.2 Å². The lowest BCUT2D eigenvalue weighted by Crippen LogP contribution is -2.13. The molecule has 0 aliphatic rings. The molecular weight excluding hydrogens is 318 g/mol. The molecule has 2 rings (SSSR count). The number of nitrogens with one attached hydrogen (secondary N) is 1. The van der Waals surface area contributed by atoms with Crippen LogP contribution in [0.25, 0.3) is 0 Å². The molecule has 0 heterocycles. The Morgan fingerprint density at radius 2 is 2.00 bits per heavy atom. The largest absolute Gasteiger partial charge is 0.377 e. The Balaban J connectivity index is 2.15. The molecule has 2 aromatic carbocycles. The molecule has 1 amide bonds. The van der Waals surface area contributed by atoms with Gasteiger partial charge in [-0.3, -0.25) is 4.79 Å². The zero-order valence-corrected chi connectivity index (χ0v) is 12.8. The average molecular weight is 334 g/mol. The van der Waals surface area contributed by atoms with Gasteiger partial charge in [0.15, 0.2) is 0 Å². The van der Waals surface area contributed by atoms with E-state index in [0.717, 1.165) is 15.7 Å². The highest BCUT2D eigenvalue weighted by atomic mass is 79.9. The van der Waals surface area contributed by atoms with Crippen molar-refractivity contribution >= 4 is 27.5 Å². The van der Waals surface area contributed by atoms with Crippen LogP contribution in [0.4, 0.5) is 5.69 Å². The van der Waals surface area contributed by atoms with Crippen molar-refractivity contribution in [2.24, 2.45) is 0 Å². The molecule has 2 aromatic rings. The molecule has 0 saturated heterocycles. The lowest BCUT2D eigenvalue weighted by Gasteiger charge is -2.11. The van der Waals surface area contributed by atoms with Crippen LogP contribution in [0.3, 0.4) is 0 Å². The van der Waals surface area contributed by atoms with Crippen molar-refractivity contribution in [3.8, 4) is 0 Å². The highest BCUT2D eigenvalue weighted by molar-refractivity contribution is 9.10. The fraction of sp³-hybridized carbons (Fsp3) is 0.188. The molecule has 0 saturated carbocycles. The van der Waals surface area contributed by atoms with Gasteiger partial charge in [-0.15, -0.1) is 0 Å². The van der Waals surface area contributed by atoms with E-state index in [1.54, 1.807) is 12.1 Å². The smallest absolute Gasteiger partial charge is 0.255 e. The summed E-state index contributed by atoms with van der Waals surface area (Å²) in [4.78, 5) is 12.2. The first-order valence-electron chi connectivity index (χ1n) is 6.43. The third kappa shape index (κ3) is 3.92. The van der Waals surface area contributed by atoms with E-state index < -0.39 is 0 Å². The molecule has 20 heavy (non-hydrogen) atoms. The average Bonchev–Trinajstić information content (AvgIpc) is 2.46. The molecule has 0 unspecified atom stereocenters. The number of anilines is 1. The minimum Gasteiger partial charge on any atom is -0.377 e. The summed E-state index contributed by atoms with van der Waals surface area (Å²) in [6.45, 7) is 3.09. The number of rotatable bonds is 5. The highest BCUT2D eigenvalue weighted by Crippen LogP contribution is 2.18. The first-order valence-corrected chi connectivity index (χ1v) is 7.22. The number of carbonyl (C=O) groups excluding carboxylic acids is 1. The van der Waals surface area contributed by atoms with E-state index in [1.807, 2.05) is 43.3 Å². The summed E-state index contributed by atoms with van der Waals surface area (Å²) in [5.41, 5.74) is 2.37. The van der Waals surface area contributed by atoms with Crippen LogP contribution in [0.15, 0.2) is 53.0 Å². The van der Waals surface area contributed by atoms with Gasteiger partial charge >= 0.3 is 0 Å². The Labute approximate surface area is 127 Å².